The molecular formula is C15H12ClFN2O. The Morgan fingerprint density at radius 3 is 2.85 bits per heavy atom. The fraction of sp³-hybridized carbons (Fsp3) is 0.200. The first-order valence-corrected chi connectivity index (χ1v) is 6.76. The number of hydrogen-bond acceptors (Lipinski definition) is 3. The molecule has 3 rings (SSSR count). The zero-order valence-electron chi connectivity index (χ0n) is 10.9. The number of halogens is 2. The molecule has 0 amide bonds. The van der Waals surface area contributed by atoms with E-state index in [9.17, 15) is 4.39 Å². The van der Waals surface area contributed by atoms with E-state index in [0.29, 0.717) is 33.4 Å². The molecule has 20 heavy (non-hydrogen) atoms. The van der Waals surface area contributed by atoms with Gasteiger partial charge in [-0.15, -0.1) is 0 Å². The highest BCUT2D eigenvalue weighted by atomic mass is 35.5. The molecule has 102 valence electrons. The molecule has 3 nitrogen and oxygen atoms in total. The molecule has 0 unspecified atom stereocenters. The summed E-state index contributed by atoms with van der Waals surface area (Å²) in [5.74, 6) is 0.950. The van der Waals surface area contributed by atoms with Crippen molar-refractivity contribution >= 4 is 22.6 Å². The van der Waals surface area contributed by atoms with Crippen molar-refractivity contribution < 1.29 is 8.81 Å². The number of aromatic nitrogens is 2. The molecule has 0 spiro atoms. The van der Waals surface area contributed by atoms with Crippen molar-refractivity contribution in [1.29, 1.82) is 0 Å². The fourth-order valence-corrected chi connectivity index (χ4v) is 2.27. The molecule has 0 aliphatic rings. The average Bonchev–Trinajstić information content (AvgIpc) is 2.81. The third-order valence-corrected chi connectivity index (χ3v) is 3.14. The third-order valence-electron chi connectivity index (χ3n) is 2.95. The van der Waals surface area contributed by atoms with Crippen LogP contribution in [0.1, 0.15) is 19.2 Å². The van der Waals surface area contributed by atoms with Crippen molar-refractivity contribution in [2.45, 2.75) is 19.8 Å². The van der Waals surface area contributed by atoms with Gasteiger partial charge in [-0.25, -0.2) is 14.4 Å². The largest absolute Gasteiger partial charge is 0.454 e. The topological polar surface area (TPSA) is 38.9 Å². The van der Waals surface area contributed by atoms with Crippen LogP contribution in [-0.2, 0) is 6.42 Å². The lowest BCUT2D eigenvalue weighted by atomic mass is 10.2. The van der Waals surface area contributed by atoms with Crippen LogP contribution < -0.4 is 0 Å². The van der Waals surface area contributed by atoms with E-state index in [1.54, 1.807) is 18.2 Å². The lowest BCUT2D eigenvalue weighted by molar-refractivity contribution is 0.617. The van der Waals surface area contributed by atoms with E-state index in [-0.39, 0.29) is 5.82 Å². The van der Waals surface area contributed by atoms with Crippen LogP contribution in [0, 0.1) is 5.82 Å². The van der Waals surface area contributed by atoms with Crippen LogP contribution in [0.5, 0.6) is 0 Å². The Bertz CT molecular complexity index is 770. The summed E-state index contributed by atoms with van der Waals surface area (Å²) in [5.41, 5.74) is 1.23. The van der Waals surface area contributed by atoms with Crippen LogP contribution in [0.15, 0.2) is 34.7 Å². The van der Waals surface area contributed by atoms with Gasteiger partial charge in [0.15, 0.2) is 5.76 Å². The summed E-state index contributed by atoms with van der Waals surface area (Å²) in [7, 11) is 0. The van der Waals surface area contributed by atoms with Crippen LogP contribution >= 0.6 is 11.6 Å². The predicted octanol–water partition coefficient (Wildman–Crippen LogP) is 4.63. The second-order valence-electron chi connectivity index (χ2n) is 4.53. The smallest absolute Gasteiger partial charge is 0.153 e. The van der Waals surface area contributed by atoms with Crippen LogP contribution in [0.3, 0.4) is 0 Å². The van der Waals surface area contributed by atoms with Gasteiger partial charge in [-0.05, 0) is 30.7 Å². The van der Waals surface area contributed by atoms with E-state index in [2.05, 4.69) is 9.97 Å². The summed E-state index contributed by atoms with van der Waals surface area (Å²) in [6, 6.07) is 7.80. The van der Waals surface area contributed by atoms with Crippen LogP contribution in [-0.4, -0.2) is 9.97 Å². The van der Waals surface area contributed by atoms with Crippen molar-refractivity contribution in [2.24, 2.45) is 0 Å². The molecule has 0 aliphatic carbocycles. The Labute approximate surface area is 120 Å². The lowest BCUT2D eigenvalue weighted by Gasteiger charge is -2.01. The SMILES string of the molecule is CCCc1nc(Cl)cc(-c2cc3cc(F)ccc3o2)n1. The van der Waals surface area contributed by atoms with Gasteiger partial charge < -0.3 is 4.42 Å². The fourth-order valence-electron chi connectivity index (χ4n) is 2.07. The van der Waals surface area contributed by atoms with Gasteiger partial charge in [0.2, 0.25) is 0 Å². The maximum atomic E-state index is 13.2. The number of rotatable bonds is 3. The minimum atomic E-state index is -0.294. The molecule has 0 aliphatic heterocycles. The first-order chi connectivity index (χ1) is 9.65. The highest BCUT2D eigenvalue weighted by Gasteiger charge is 2.11. The van der Waals surface area contributed by atoms with Gasteiger partial charge in [0, 0.05) is 17.9 Å². The molecule has 3 aromatic rings. The maximum absolute atomic E-state index is 13.2. The van der Waals surface area contributed by atoms with Gasteiger partial charge in [-0.2, -0.15) is 0 Å². The molecule has 0 bridgehead atoms. The predicted molar refractivity (Wildman–Crippen MR) is 76.2 cm³/mol. The van der Waals surface area contributed by atoms with E-state index < -0.39 is 0 Å². The Balaban J connectivity index is 2.10. The van der Waals surface area contributed by atoms with Gasteiger partial charge in [-0.3, -0.25) is 0 Å². The Morgan fingerprint density at radius 2 is 2.05 bits per heavy atom. The number of hydrogen-bond donors (Lipinski definition) is 0. The average molecular weight is 291 g/mol. The van der Waals surface area contributed by atoms with Crippen LogP contribution in [0.25, 0.3) is 22.4 Å². The summed E-state index contributed by atoms with van der Waals surface area (Å²) < 4.78 is 18.9. The van der Waals surface area contributed by atoms with E-state index in [1.807, 2.05) is 6.92 Å². The normalized spacial score (nSPS) is 11.2. The van der Waals surface area contributed by atoms with E-state index in [1.165, 1.54) is 12.1 Å². The zero-order chi connectivity index (χ0) is 14.1. The number of furan rings is 1. The summed E-state index contributed by atoms with van der Waals surface area (Å²) >= 11 is 6.01. The minimum Gasteiger partial charge on any atom is -0.454 e. The highest BCUT2D eigenvalue weighted by molar-refractivity contribution is 6.29. The van der Waals surface area contributed by atoms with Gasteiger partial charge in [0.1, 0.15) is 28.1 Å². The highest BCUT2D eigenvalue weighted by Crippen LogP contribution is 2.28. The molecule has 2 aromatic heterocycles. The quantitative estimate of drug-likeness (QED) is 0.660. The molecule has 5 heteroatoms. The first kappa shape index (κ1) is 13.1. The maximum Gasteiger partial charge on any atom is 0.153 e. The summed E-state index contributed by atoms with van der Waals surface area (Å²) in [5, 5.41) is 1.08. The second-order valence-corrected chi connectivity index (χ2v) is 4.92. The van der Waals surface area contributed by atoms with Crippen molar-refractivity contribution in [3.63, 3.8) is 0 Å². The summed E-state index contributed by atoms with van der Waals surface area (Å²) in [4.78, 5) is 8.60. The Hall–Kier alpha value is -1.94. The van der Waals surface area contributed by atoms with Gasteiger partial charge in [0.25, 0.3) is 0 Å². The molecule has 0 N–H and O–H groups in total. The summed E-state index contributed by atoms with van der Waals surface area (Å²) in [6.07, 6.45) is 1.69. The van der Waals surface area contributed by atoms with E-state index >= 15 is 0 Å². The van der Waals surface area contributed by atoms with Crippen molar-refractivity contribution in [1.82, 2.24) is 9.97 Å². The lowest BCUT2D eigenvalue weighted by Crippen LogP contribution is -1.96. The van der Waals surface area contributed by atoms with Crippen LogP contribution in [0.4, 0.5) is 4.39 Å². The molecule has 0 saturated heterocycles. The zero-order valence-corrected chi connectivity index (χ0v) is 11.6. The van der Waals surface area contributed by atoms with Crippen molar-refractivity contribution in [3.05, 3.63) is 47.1 Å². The Morgan fingerprint density at radius 1 is 1.20 bits per heavy atom. The molecule has 2 heterocycles. The van der Waals surface area contributed by atoms with Gasteiger partial charge >= 0.3 is 0 Å². The second kappa shape index (κ2) is 5.21. The monoisotopic (exact) mass is 290 g/mol. The van der Waals surface area contributed by atoms with Gasteiger partial charge in [-0.1, -0.05) is 18.5 Å². The Kier molecular flexibility index (Phi) is 3.40. The van der Waals surface area contributed by atoms with E-state index in [4.69, 9.17) is 16.0 Å². The van der Waals surface area contributed by atoms with Crippen molar-refractivity contribution in [3.8, 4) is 11.5 Å². The number of nitrogens with zero attached hydrogens (tertiary/aromatic N) is 2. The van der Waals surface area contributed by atoms with Gasteiger partial charge in [0.05, 0.1) is 0 Å². The molecule has 0 atom stereocenters. The molecule has 0 fully saturated rings. The third kappa shape index (κ3) is 2.51. The minimum absolute atomic E-state index is 0.294. The first-order valence-electron chi connectivity index (χ1n) is 6.38. The molecule has 0 radical (unpaired) electrons. The number of fused-ring (bicyclic) bond motifs is 1. The van der Waals surface area contributed by atoms with Crippen LogP contribution in [0.2, 0.25) is 5.15 Å². The van der Waals surface area contributed by atoms with Crippen molar-refractivity contribution in [2.75, 3.05) is 0 Å². The molecule has 0 saturated carbocycles. The number of aryl methyl sites for hydroxylation is 1. The summed E-state index contributed by atoms with van der Waals surface area (Å²) in [6.45, 7) is 2.05. The van der Waals surface area contributed by atoms with E-state index in [0.717, 1.165) is 12.8 Å². The molecule has 1 aromatic carbocycles. The number of benzene rings is 1. The molecular weight excluding hydrogens is 279 g/mol. The standard InChI is InChI=1S/C15H12ClFN2O/c1-2-3-15-18-11(8-14(16)19-15)13-7-9-6-10(17)4-5-12(9)20-13/h4-8H,2-3H2,1H3.